The summed E-state index contributed by atoms with van der Waals surface area (Å²) >= 11 is 0. The van der Waals surface area contributed by atoms with Crippen molar-refractivity contribution < 1.29 is 14.3 Å². The molecule has 1 aromatic heterocycles. The van der Waals surface area contributed by atoms with E-state index in [9.17, 15) is 9.59 Å². The molecule has 0 spiro atoms. The molecule has 198 valence electrons. The van der Waals surface area contributed by atoms with E-state index in [4.69, 9.17) is 4.74 Å². The second-order valence-corrected chi connectivity index (χ2v) is 10.7. The molecule has 0 bridgehead atoms. The van der Waals surface area contributed by atoms with Gasteiger partial charge in [0.05, 0.1) is 13.7 Å². The molecule has 1 aliphatic carbocycles. The van der Waals surface area contributed by atoms with Crippen molar-refractivity contribution in [1.82, 2.24) is 14.8 Å². The summed E-state index contributed by atoms with van der Waals surface area (Å²) in [7, 11) is 1.66. The van der Waals surface area contributed by atoms with Gasteiger partial charge in [-0.15, -0.1) is 0 Å². The summed E-state index contributed by atoms with van der Waals surface area (Å²) in [6.07, 6.45) is 8.04. The molecule has 2 aromatic carbocycles. The maximum atomic E-state index is 13.8. The van der Waals surface area contributed by atoms with E-state index < -0.39 is 0 Å². The smallest absolute Gasteiger partial charge is 0.242 e. The van der Waals surface area contributed by atoms with Gasteiger partial charge in [-0.25, -0.2) is 0 Å². The molecule has 0 atom stereocenters. The number of carbonyl (C=O) groups excluding carboxylic acids is 2. The van der Waals surface area contributed by atoms with E-state index in [-0.39, 0.29) is 24.3 Å². The molecule has 4 rings (SSSR count). The number of hydrogen-bond acceptors (Lipinski definition) is 3. The minimum atomic E-state index is -0.0180. The number of H-pyrrole nitrogens is 1. The average Bonchev–Trinajstić information content (AvgIpc) is 3.33. The summed E-state index contributed by atoms with van der Waals surface area (Å²) in [5.41, 5.74) is 3.25. The molecule has 1 aliphatic rings. The fourth-order valence-electron chi connectivity index (χ4n) is 5.47. The molecule has 1 N–H and O–H groups in total. The van der Waals surface area contributed by atoms with E-state index in [1.54, 1.807) is 7.11 Å². The predicted octanol–water partition coefficient (Wildman–Crippen LogP) is 5.81. The van der Waals surface area contributed by atoms with Crippen LogP contribution < -0.4 is 4.74 Å². The van der Waals surface area contributed by atoms with Crippen molar-refractivity contribution >= 4 is 22.7 Å². The van der Waals surface area contributed by atoms with Crippen LogP contribution in [0, 0.1) is 11.8 Å². The summed E-state index contributed by atoms with van der Waals surface area (Å²) < 4.78 is 5.58. The Morgan fingerprint density at radius 2 is 1.70 bits per heavy atom. The standard InChI is InChI=1S/C31H41N3O3/c1-23(2)20-34(31(36)24-11-5-4-6-12-24)22-30(35)33(21-26-13-7-10-16-29(26)37-3)18-17-25-19-32-28-15-9-8-14-27(25)28/h7-10,13-16,19,23-24,32H,4-6,11-12,17-18,20-22H2,1-3H3. The van der Waals surface area contributed by atoms with Crippen molar-refractivity contribution in [2.24, 2.45) is 11.8 Å². The molecule has 0 radical (unpaired) electrons. The number of benzene rings is 2. The van der Waals surface area contributed by atoms with Gasteiger partial charge in [0, 0.05) is 48.2 Å². The maximum Gasteiger partial charge on any atom is 0.242 e. The first-order valence-electron chi connectivity index (χ1n) is 13.7. The van der Waals surface area contributed by atoms with Crippen LogP contribution >= 0.6 is 0 Å². The van der Waals surface area contributed by atoms with Gasteiger partial charge in [0.2, 0.25) is 11.8 Å². The second kappa shape index (κ2) is 12.8. The van der Waals surface area contributed by atoms with E-state index in [0.29, 0.717) is 25.6 Å². The molecule has 1 heterocycles. The molecule has 0 unspecified atom stereocenters. The first-order valence-corrected chi connectivity index (χ1v) is 13.7. The second-order valence-electron chi connectivity index (χ2n) is 10.7. The van der Waals surface area contributed by atoms with Gasteiger partial charge < -0.3 is 19.5 Å². The summed E-state index contributed by atoms with van der Waals surface area (Å²) in [4.78, 5) is 34.4. The first-order chi connectivity index (χ1) is 18.0. The lowest BCUT2D eigenvalue weighted by molar-refractivity contribution is -0.144. The van der Waals surface area contributed by atoms with Crippen molar-refractivity contribution in [1.29, 1.82) is 0 Å². The molecule has 0 aliphatic heterocycles. The quantitative estimate of drug-likeness (QED) is 0.359. The Morgan fingerprint density at radius 3 is 2.46 bits per heavy atom. The minimum Gasteiger partial charge on any atom is -0.496 e. The van der Waals surface area contributed by atoms with Crippen molar-refractivity contribution in [3.05, 3.63) is 65.9 Å². The Labute approximate surface area is 221 Å². The van der Waals surface area contributed by atoms with Crippen LogP contribution in [0.15, 0.2) is 54.7 Å². The van der Waals surface area contributed by atoms with Gasteiger partial charge in [0.15, 0.2) is 0 Å². The third-order valence-electron chi connectivity index (χ3n) is 7.41. The molecule has 0 saturated heterocycles. The highest BCUT2D eigenvalue weighted by Crippen LogP contribution is 2.26. The zero-order valence-electron chi connectivity index (χ0n) is 22.5. The fraction of sp³-hybridized carbons (Fsp3) is 0.484. The number of nitrogens with one attached hydrogen (secondary N) is 1. The van der Waals surface area contributed by atoms with Crippen molar-refractivity contribution in [2.45, 2.75) is 58.9 Å². The van der Waals surface area contributed by atoms with Crippen LogP contribution in [0.2, 0.25) is 0 Å². The summed E-state index contributed by atoms with van der Waals surface area (Å²) in [6.45, 7) is 5.94. The molecule has 1 saturated carbocycles. The van der Waals surface area contributed by atoms with E-state index in [1.165, 1.54) is 17.4 Å². The molecule has 6 nitrogen and oxygen atoms in total. The van der Waals surface area contributed by atoms with Crippen LogP contribution in [0.25, 0.3) is 10.9 Å². The predicted molar refractivity (Wildman–Crippen MR) is 148 cm³/mol. The topological polar surface area (TPSA) is 65.6 Å². The van der Waals surface area contributed by atoms with Crippen molar-refractivity contribution in [2.75, 3.05) is 26.7 Å². The Morgan fingerprint density at radius 1 is 0.973 bits per heavy atom. The average molecular weight is 504 g/mol. The van der Waals surface area contributed by atoms with Gasteiger partial charge >= 0.3 is 0 Å². The normalized spacial score (nSPS) is 14.2. The maximum absolute atomic E-state index is 13.8. The van der Waals surface area contributed by atoms with Crippen molar-refractivity contribution in [3.63, 3.8) is 0 Å². The van der Waals surface area contributed by atoms with Crippen LogP contribution in [0.5, 0.6) is 5.75 Å². The number of para-hydroxylation sites is 2. The van der Waals surface area contributed by atoms with Gasteiger partial charge in [-0.3, -0.25) is 9.59 Å². The highest BCUT2D eigenvalue weighted by Gasteiger charge is 2.29. The van der Waals surface area contributed by atoms with Gasteiger partial charge in [0.1, 0.15) is 5.75 Å². The number of aromatic nitrogens is 1. The first kappa shape index (κ1) is 26.8. The highest BCUT2D eigenvalue weighted by atomic mass is 16.5. The number of methoxy groups -OCH3 is 1. The number of amides is 2. The van der Waals surface area contributed by atoms with Crippen molar-refractivity contribution in [3.8, 4) is 5.75 Å². The lowest BCUT2D eigenvalue weighted by Crippen LogP contribution is -2.46. The Hall–Kier alpha value is -3.28. The largest absolute Gasteiger partial charge is 0.496 e. The molecule has 6 heteroatoms. The number of hydrogen-bond donors (Lipinski definition) is 1. The van der Waals surface area contributed by atoms with Gasteiger partial charge in [-0.05, 0) is 42.9 Å². The molecule has 2 amide bonds. The Balaban J connectivity index is 1.54. The zero-order valence-corrected chi connectivity index (χ0v) is 22.5. The number of fused-ring (bicyclic) bond motifs is 1. The van der Waals surface area contributed by atoms with Crippen LogP contribution in [-0.4, -0.2) is 53.3 Å². The minimum absolute atomic E-state index is 0.0180. The molecule has 1 fully saturated rings. The fourth-order valence-corrected chi connectivity index (χ4v) is 5.47. The number of aromatic amines is 1. The molecular weight excluding hydrogens is 462 g/mol. The number of rotatable bonds is 11. The van der Waals surface area contributed by atoms with Gasteiger partial charge in [-0.2, -0.15) is 0 Å². The highest BCUT2D eigenvalue weighted by molar-refractivity contribution is 5.86. The number of nitrogens with zero attached hydrogens (tertiary/aromatic N) is 2. The van der Waals surface area contributed by atoms with Gasteiger partial charge in [-0.1, -0.05) is 69.5 Å². The lowest BCUT2D eigenvalue weighted by atomic mass is 9.88. The zero-order chi connectivity index (χ0) is 26.2. The SMILES string of the molecule is COc1ccccc1CN(CCc1c[nH]c2ccccc12)C(=O)CN(CC(C)C)C(=O)C1CCCCC1. The van der Waals surface area contributed by atoms with Crippen LogP contribution in [-0.2, 0) is 22.6 Å². The Bertz CT molecular complexity index is 1180. The van der Waals surface area contributed by atoms with Crippen LogP contribution in [0.4, 0.5) is 0 Å². The van der Waals surface area contributed by atoms with E-state index in [0.717, 1.165) is 48.9 Å². The number of ether oxygens (including phenoxy) is 1. The third-order valence-corrected chi connectivity index (χ3v) is 7.41. The summed E-state index contributed by atoms with van der Waals surface area (Å²) in [6, 6.07) is 16.1. The van der Waals surface area contributed by atoms with Crippen LogP contribution in [0.3, 0.4) is 0 Å². The molecule has 3 aromatic rings. The summed E-state index contributed by atoms with van der Waals surface area (Å²) in [5.74, 6) is 1.25. The van der Waals surface area contributed by atoms with E-state index in [1.807, 2.05) is 52.4 Å². The number of carbonyl (C=O) groups is 2. The summed E-state index contributed by atoms with van der Waals surface area (Å²) in [5, 5.41) is 1.18. The van der Waals surface area contributed by atoms with Gasteiger partial charge in [0.25, 0.3) is 0 Å². The Kier molecular flexibility index (Phi) is 9.26. The molecular formula is C31H41N3O3. The van der Waals surface area contributed by atoms with Crippen LogP contribution in [0.1, 0.15) is 57.1 Å². The lowest BCUT2D eigenvalue weighted by Gasteiger charge is -2.32. The molecule has 37 heavy (non-hydrogen) atoms. The van der Waals surface area contributed by atoms with E-state index in [2.05, 4.69) is 31.0 Å². The third kappa shape index (κ3) is 6.94. The van der Waals surface area contributed by atoms with E-state index >= 15 is 0 Å². The monoisotopic (exact) mass is 503 g/mol.